The fraction of sp³-hybridized carbons (Fsp3) is 0.310. The van der Waals surface area contributed by atoms with Crippen LogP contribution in [0.5, 0.6) is 5.75 Å². The third kappa shape index (κ3) is 7.52. The van der Waals surface area contributed by atoms with Crippen LogP contribution in [0.3, 0.4) is 0 Å². The topological polar surface area (TPSA) is 96.0 Å². The summed E-state index contributed by atoms with van der Waals surface area (Å²) >= 11 is 6.21. The van der Waals surface area contributed by atoms with Crippen LogP contribution in [0.15, 0.2) is 77.7 Å². The summed E-state index contributed by atoms with van der Waals surface area (Å²) in [5.41, 5.74) is 2.11. The number of anilines is 1. The molecule has 0 unspecified atom stereocenters. The highest BCUT2D eigenvalue weighted by atomic mass is 35.5. The van der Waals surface area contributed by atoms with E-state index in [1.807, 2.05) is 38.1 Å². The zero-order valence-corrected chi connectivity index (χ0v) is 24.1. The normalized spacial score (nSPS) is 11.9. The lowest BCUT2D eigenvalue weighted by molar-refractivity contribution is -0.140. The molecule has 0 spiro atoms. The first-order valence-corrected chi connectivity index (χ1v) is 14.5. The molecule has 0 saturated heterocycles. The van der Waals surface area contributed by atoms with Gasteiger partial charge in [0.1, 0.15) is 18.3 Å². The third-order valence-electron chi connectivity index (χ3n) is 6.23. The van der Waals surface area contributed by atoms with E-state index in [9.17, 15) is 18.0 Å². The molecular weight excluding hydrogens is 538 g/mol. The molecule has 0 saturated carbocycles. The summed E-state index contributed by atoms with van der Waals surface area (Å²) in [4.78, 5) is 28.4. The number of aryl methyl sites for hydroxylation is 1. The van der Waals surface area contributed by atoms with Gasteiger partial charge in [0.15, 0.2) is 0 Å². The van der Waals surface area contributed by atoms with Crippen molar-refractivity contribution in [3.63, 3.8) is 0 Å². The Morgan fingerprint density at radius 2 is 1.67 bits per heavy atom. The summed E-state index contributed by atoms with van der Waals surface area (Å²) < 4.78 is 33.9. The Bertz CT molecular complexity index is 1380. The van der Waals surface area contributed by atoms with Gasteiger partial charge in [0.2, 0.25) is 11.8 Å². The Balaban J connectivity index is 2.05. The summed E-state index contributed by atoms with van der Waals surface area (Å²) in [7, 11) is -2.71. The van der Waals surface area contributed by atoms with E-state index in [-0.39, 0.29) is 23.0 Å². The number of amides is 2. The van der Waals surface area contributed by atoms with E-state index in [1.165, 1.54) is 42.3 Å². The highest BCUT2D eigenvalue weighted by Crippen LogP contribution is 2.28. The molecule has 0 bridgehead atoms. The van der Waals surface area contributed by atoms with Gasteiger partial charge in [-0.2, -0.15) is 0 Å². The van der Waals surface area contributed by atoms with Gasteiger partial charge in [0.25, 0.3) is 10.0 Å². The second-order valence-electron chi connectivity index (χ2n) is 8.99. The van der Waals surface area contributed by atoms with Crippen molar-refractivity contribution < 1.29 is 22.7 Å². The fourth-order valence-corrected chi connectivity index (χ4v) is 5.73. The van der Waals surface area contributed by atoms with Crippen LogP contribution in [0.2, 0.25) is 5.02 Å². The summed E-state index contributed by atoms with van der Waals surface area (Å²) in [5, 5.41) is 3.11. The fourth-order valence-electron chi connectivity index (χ4n) is 4.14. The Hall–Kier alpha value is -3.56. The lowest BCUT2D eigenvalue weighted by Gasteiger charge is -2.33. The van der Waals surface area contributed by atoms with Crippen LogP contribution < -0.4 is 14.4 Å². The van der Waals surface area contributed by atoms with Crippen molar-refractivity contribution in [2.75, 3.05) is 24.5 Å². The van der Waals surface area contributed by atoms with Gasteiger partial charge >= 0.3 is 0 Å². The molecule has 2 amide bonds. The van der Waals surface area contributed by atoms with Crippen LogP contribution in [0.25, 0.3) is 0 Å². The van der Waals surface area contributed by atoms with Gasteiger partial charge in [0, 0.05) is 18.1 Å². The SMILES string of the molecule is CCNC(=O)[C@H](CC)N(Cc1ccc(C)cc1)C(=O)CN(c1cccc(Cl)c1)S(=O)(=O)c1ccc(OC)cc1. The molecule has 3 aromatic carbocycles. The van der Waals surface area contributed by atoms with Crippen molar-refractivity contribution in [3.05, 3.63) is 88.9 Å². The second kappa shape index (κ2) is 13.5. The number of halogens is 1. The highest BCUT2D eigenvalue weighted by molar-refractivity contribution is 7.92. The van der Waals surface area contributed by atoms with Crippen molar-refractivity contribution in [2.45, 2.75) is 44.7 Å². The van der Waals surface area contributed by atoms with Crippen molar-refractivity contribution in [3.8, 4) is 5.75 Å². The molecule has 39 heavy (non-hydrogen) atoms. The van der Waals surface area contributed by atoms with E-state index in [0.717, 1.165) is 15.4 Å². The zero-order valence-electron chi connectivity index (χ0n) is 22.6. The average Bonchev–Trinajstić information content (AvgIpc) is 2.92. The number of methoxy groups -OCH3 is 1. The van der Waals surface area contributed by atoms with E-state index in [4.69, 9.17) is 16.3 Å². The van der Waals surface area contributed by atoms with Gasteiger partial charge in [-0.25, -0.2) is 8.42 Å². The molecule has 1 N–H and O–H groups in total. The predicted octanol–water partition coefficient (Wildman–Crippen LogP) is 4.80. The van der Waals surface area contributed by atoms with E-state index in [2.05, 4.69) is 5.32 Å². The van der Waals surface area contributed by atoms with Gasteiger partial charge in [-0.05, 0) is 68.3 Å². The molecule has 0 aromatic heterocycles. The number of nitrogens with one attached hydrogen (secondary N) is 1. The van der Waals surface area contributed by atoms with Crippen molar-refractivity contribution in [1.29, 1.82) is 0 Å². The van der Waals surface area contributed by atoms with Crippen LogP contribution >= 0.6 is 11.6 Å². The van der Waals surface area contributed by atoms with E-state index < -0.39 is 28.5 Å². The van der Waals surface area contributed by atoms with Crippen LogP contribution in [0.1, 0.15) is 31.4 Å². The number of sulfonamides is 1. The van der Waals surface area contributed by atoms with Crippen LogP contribution in [0, 0.1) is 6.92 Å². The lowest BCUT2D eigenvalue weighted by atomic mass is 10.1. The Morgan fingerprint density at radius 1 is 1.00 bits per heavy atom. The number of carbonyl (C=O) groups excluding carboxylic acids is 2. The molecule has 10 heteroatoms. The minimum Gasteiger partial charge on any atom is -0.497 e. The number of likely N-dealkylation sites (N-methyl/N-ethyl adjacent to an activating group) is 1. The van der Waals surface area contributed by atoms with Gasteiger partial charge in [-0.3, -0.25) is 13.9 Å². The minimum atomic E-state index is -4.19. The monoisotopic (exact) mass is 571 g/mol. The maximum atomic E-state index is 14.0. The predicted molar refractivity (Wildman–Crippen MR) is 153 cm³/mol. The number of rotatable bonds is 12. The molecule has 0 aliphatic heterocycles. The number of carbonyl (C=O) groups is 2. The molecule has 8 nitrogen and oxygen atoms in total. The summed E-state index contributed by atoms with van der Waals surface area (Å²) in [6, 6.07) is 19.1. The quantitative estimate of drug-likeness (QED) is 0.337. The number of hydrogen-bond donors (Lipinski definition) is 1. The smallest absolute Gasteiger partial charge is 0.264 e. The van der Waals surface area contributed by atoms with Gasteiger partial charge in [-0.1, -0.05) is 54.4 Å². The van der Waals surface area contributed by atoms with E-state index in [0.29, 0.717) is 23.7 Å². The number of ether oxygens (including phenoxy) is 1. The van der Waals surface area contributed by atoms with Crippen LogP contribution in [-0.2, 0) is 26.2 Å². The molecule has 3 rings (SSSR count). The molecule has 1 atom stereocenters. The molecule has 0 aliphatic carbocycles. The first-order chi connectivity index (χ1) is 18.6. The Labute approximate surface area is 235 Å². The molecule has 3 aromatic rings. The number of nitrogens with zero attached hydrogens (tertiary/aromatic N) is 2. The summed E-state index contributed by atoms with van der Waals surface area (Å²) in [6.45, 7) is 5.60. The largest absolute Gasteiger partial charge is 0.497 e. The lowest BCUT2D eigenvalue weighted by Crippen LogP contribution is -2.52. The van der Waals surface area contributed by atoms with Gasteiger partial charge in [-0.15, -0.1) is 0 Å². The highest BCUT2D eigenvalue weighted by Gasteiger charge is 2.33. The molecule has 0 heterocycles. The summed E-state index contributed by atoms with van der Waals surface area (Å²) in [6.07, 6.45) is 0.353. The molecule has 0 radical (unpaired) electrons. The van der Waals surface area contributed by atoms with Crippen molar-refractivity contribution in [2.24, 2.45) is 0 Å². The van der Waals surface area contributed by atoms with Gasteiger partial charge in [0.05, 0.1) is 17.7 Å². The zero-order chi connectivity index (χ0) is 28.6. The Kier molecular flexibility index (Phi) is 10.4. The first kappa shape index (κ1) is 30.0. The summed E-state index contributed by atoms with van der Waals surface area (Å²) in [5.74, 6) is -0.324. The molecular formula is C29H34ClN3O5S. The second-order valence-corrected chi connectivity index (χ2v) is 11.3. The van der Waals surface area contributed by atoms with Crippen molar-refractivity contribution >= 4 is 39.1 Å². The van der Waals surface area contributed by atoms with Crippen molar-refractivity contribution in [1.82, 2.24) is 10.2 Å². The average molecular weight is 572 g/mol. The van der Waals surface area contributed by atoms with E-state index in [1.54, 1.807) is 25.1 Å². The van der Waals surface area contributed by atoms with Crippen LogP contribution in [-0.4, -0.2) is 51.4 Å². The number of benzene rings is 3. The minimum absolute atomic E-state index is 0.0167. The molecule has 0 fully saturated rings. The standard InChI is InChI=1S/C29H34ClN3O5S/c1-5-27(29(35)31-6-2)32(19-22-12-10-21(3)11-13-22)28(34)20-33(24-9-7-8-23(30)18-24)39(36,37)26-16-14-25(38-4)15-17-26/h7-18,27H,5-6,19-20H2,1-4H3,(H,31,35)/t27-/m0/s1. The maximum absolute atomic E-state index is 14.0. The maximum Gasteiger partial charge on any atom is 0.264 e. The van der Waals surface area contributed by atoms with Gasteiger partial charge < -0.3 is 15.0 Å². The Morgan fingerprint density at radius 3 is 2.23 bits per heavy atom. The third-order valence-corrected chi connectivity index (χ3v) is 8.26. The number of hydrogen-bond acceptors (Lipinski definition) is 5. The first-order valence-electron chi connectivity index (χ1n) is 12.7. The van der Waals surface area contributed by atoms with Crippen LogP contribution in [0.4, 0.5) is 5.69 Å². The molecule has 0 aliphatic rings. The molecule has 208 valence electrons. The van der Waals surface area contributed by atoms with E-state index >= 15 is 0 Å².